The zero-order valence-electron chi connectivity index (χ0n) is 24.7. The third kappa shape index (κ3) is 5.81. The molecule has 0 spiro atoms. The molecule has 4 heterocycles. The first-order valence-corrected chi connectivity index (χ1v) is 14.7. The van der Waals surface area contributed by atoms with Gasteiger partial charge >= 0.3 is 0 Å². The first-order chi connectivity index (χ1) is 20.8. The van der Waals surface area contributed by atoms with Crippen LogP contribution in [0.5, 0.6) is 0 Å². The summed E-state index contributed by atoms with van der Waals surface area (Å²) in [5.74, 6) is 0.399. The van der Waals surface area contributed by atoms with E-state index in [4.69, 9.17) is 10.5 Å². The fourth-order valence-electron chi connectivity index (χ4n) is 5.72. The monoisotopic (exact) mass is 576 g/mol. The van der Waals surface area contributed by atoms with E-state index in [1.54, 1.807) is 6.20 Å². The van der Waals surface area contributed by atoms with Crippen LogP contribution in [0.25, 0.3) is 33.3 Å². The van der Waals surface area contributed by atoms with E-state index in [1.165, 1.54) is 6.33 Å². The number of anilines is 2. The lowest BCUT2D eigenvalue weighted by atomic mass is 9.99. The Labute approximate surface area is 250 Å². The number of hydrogen-bond donors (Lipinski definition) is 2. The molecule has 2 aromatic carbocycles. The van der Waals surface area contributed by atoms with Gasteiger partial charge < -0.3 is 24.9 Å². The molecule has 1 fully saturated rings. The van der Waals surface area contributed by atoms with Gasteiger partial charge in [-0.05, 0) is 62.8 Å². The second-order valence-electron chi connectivity index (χ2n) is 11.6. The van der Waals surface area contributed by atoms with E-state index in [-0.39, 0.29) is 17.0 Å². The topological polar surface area (TPSA) is 117 Å². The molecule has 1 aliphatic rings. The number of carbonyl (C=O) groups is 1. The molecule has 9 nitrogen and oxygen atoms in total. The van der Waals surface area contributed by atoms with Crippen molar-refractivity contribution >= 4 is 28.4 Å². The molecule has 1 saturated heterocycles. The molecule has 1 aliphatic heterocycles. The number of nitrogen functional groups attached to an aromatic ring is 1. The lowest BCUT2D eigenvalue weighted by molar-refractivity contribution is 0.0612. The number of nitrogens with one attached hydrogen (secondary N) is 1. The van der Waals surface area contributed by atoms with Gasteiger partial charge in [0, 0.05) is 61.2 Å². The van der Waals surface area contributed by atoms with Gasteiger partial charge in [-0.1, -0.05) is 42.0 Å². The second kappa shape index (κ2) is 11.9. The molecule has 0 aliphatic carbocycles. The molecule has 220 valence electrons. The largest absolute Gasteiger partial charge is 0.383 e. The van der Waals surface area contributed by atoms with Crippen molar-refractivity contribution in [2.24, 2.45) is 5.92 Å². The van der Waals surface area contributed by atoms with Crippen LogP contribution < -0.4 is 16.5 Å². The summed E-state index contributed by atoms with van der Waals surface area (Å²) in [6.45, 7) is 8.37. The fourth-order valence-corrected chi connectivity index (χ4v) is 5.72. The number of fused-ring (bicyclic) bond motifs is 1. The number of pyridine rings is 1. The molecule has 5 aromatic rings. The minimum absolute atomic E-state index is 0.110. The minimum Gasteiger partial charge on any atom is -0.383 e. The van der Waals surface area contributed by atoms with Gasteiger partial charge in [0.15, 0.2) is 0 Å². The Bertz CT molecular complexity index is 1830. The number of rotatable bonds is 7. The van der Waals surface area contributed by atoms with Crippen molar-refractivity contribution in [1.29, 1.82) is 0 Å². The van der Waals surface area contributed by atoms with Crippen molar-refractivity contribution in [3.63, 3.8) is 0 Å². The lowest BCUT2D eigenvalue weighted by Crippen LogP contribution is -2.26. The number of ether oxygens (including phenoxy) is 1. The highest BCUT2D eigenvalue weighted by atomic mass is 16.5. The Morgan fingerprint density at radius 1 is 0.977 bits per heavy atom. The quantitative estimate of drug-likeness (QED) is 0.243. The summed E-state index contributed by atoms with van der Waals surface area (Å²) in [6.07, 6.45) is 8.97. The summed E-state index contributed by atoms with van der Waals surface area (Å²) in [4.78, 5) is 35.9. The van der Waals surface area contributed by atoms with Gasteiger partial charge in [0.25, 0.3) is 5.91 Å². The Hall–Kier alpha value is -4.76. The van der Waals surface area contributed by atoms with Crippen LogP contribution in [0.15, 0.2) is 78.2 Å². The number of aromatic nitrogens is 4. The summed E-state index contributed by atoms with van der Waals surface area (Å²) in [7, 11) is 0. The van der Waals surface area contributed by atoms with E-state index >= 15 is 0 Å². The van der Waals surface area contributed by atoms with Gasteiger partial charge in [-0.25, -0.2) is 9.97 Å². The van der Waals surface area contributed by atoms with E-state index in [0.717, 1.165) is 59.3 Å². The third-order valence-corrected chi connectivity index (χ3v) is 8.14. The van der Waals surface area contributed by atoms with Crippen molar-refractivity contribution in [2.75, 3.05) is 24.3 Å². The summed E-state index contributed by atoms with van der Waals surface area (Å²) < 4.78 is 9.59. The molecular weight excluding hydrogens is 540 g/mol. The van der Waals surface area contributed by atoms with Crippen LogP contribution in [0.1, 0.15) is 48.7 Å². The molecule has 9 heteroatoms. The van der Waals surface area contributed by atoms with Crippen LogP contribution in [-0.2, 0) is 11.3 Å². The predicted molar refractivity (Wildman–Crippen MR) is 170 cm³/mol. The molecule has 6 rings (SSSR count). The molecule has 0 saturated carbocycles. The van der Waals surface area contributed by atoms with E-state index < -0.39 is 5.91 Å². The van der Waals surface area contributed by atoms with Crippen LogP contribution in [0.4, 0.5) is 11.5 Å². The van der Waals surface area contributed by atoms with Gasteiger partial charge in [-0.3, -0.25) is 9.59 Å². The van der Waals surface area contributed by atoms with Gasteiger partial charge in [-0.2, -0.15) is 0 Å². The maximum Gasteiger partial charge on any atom is 0.261 e. The highest BCUT2D eigenvalue weighted by Gasteiger charge is 2.20. The van der Waals surface area contributed by atoms with Crippen molar-refractivity contribution in [3.05, 3.63) is 94.8 Å². The molecular formula is C34H36N6O3. The maximum absolute atomic E-state index is 13.7. The van der Waals surface area contributed by atoms with Crippen LogP contribution in [0.3, 0.4) is 0 Å². The second-order valence-corrected chi connectivity index (χ2v) is 11.6. The SMILES string of the molecule is Cc1ccc(-c2cn(CC3CCOCC3)cc(C(=O)Nc3ccc(-c4cn(C(C)C)c5ncnc(N)c45)cc3)c2=O)cc1. The van der Waals surface area contributed by atoms with Crippen LogP contribution in [0.2, 0.25) is 0 Å². The highest BCUT2D eigenvalue weighted by Crippen LogP contribution is 2.34. The van der Waals surface area contributed by atoms with Gasteiger partial charge in [0.2, 0.25) is 5.43 Å². The Morgan fingerprint density at radius 3 is 2.35 bits per heavy atom. The Morgan fingerprint density at radius 2 is 1.65 bits per heavy atom. The predicted octanol–water partition coefficient (Wildman–Crippen LogP) is 6.08. The molecule has 43 heavy (non-hydrogen) atoms. The van der Waals surface area contributed by atoms with Crippen LogP contribution >= 0.6 is 0 Å². The molecule has 1 amide bonds. The van der Waals surface area contributed by atoms with Gasteiger partial charge in [0.05, 0.1) is 5.39 Å². The van der Waals surface area contributed by atoms with E-state index in [9.17, 15) is 9.59 Å². The van der Waals surface area contributed by atoms with E-state index in [2.05, 4.69) is 33.7 Å². The molecule has 0 atom stereocenters. The third-order valence-electron chi connectivity index (χ3n) is 8.14. The van der Waals surface area contributed by atoms with Gasteiger partial charge in [-0.15, -0.1) is 0 Å². The number of nitrogens with two attached hydrogens (primary N) is 1. The van der Waals surface area contributed by atoms with Crippen molar-refractivity contribution < 1.29 is 9.53 Å². The number of aryl methyl sites for hydroxylation is 1. The fraction of sp³-hybridized carbons (Fsp3) is 0.294. The number of carbonyl (C=O) groups excluding carboxylic acids is 1. The van der Waals surface area contributed by atoms with E-state index in [1.807, 2.05) is 72.4 Å². The number of hydrogen-bond acceptors (Lipinski definition) is 6. The molecule has 3 N–H and O–H groups in total. The summed E-state index contributed by atoms with van der Waals surface area (Å²) >= 11 is 0. The Balaban J connectivity index is 1.31. The number of amides is 1. The molecule has 3 aromatic heterocycles. The highest BCUT2D eigenvalue weighted by molar-refractivity contribution is 6.05. The summed E-state index contributed by atoms with van der Waals surface area (Å²) in [5, 5.41) is 3.74. The number of nitrogens with zero attached hydrogens (tertiary/aromatic N) is 4. The first kappa shape index (κ1) is 28.4. The van der Waals surface area contributed by atoms with Crippen molar-refractivity contribution in [3.8, 4) is 22.3 Å². The molecule has 0 unspecified atom stereocenters. The molecule has 0 bridgehead atoms. The zero-order valence-corrected chi connectivity index (χ0v) is 24.7. The first-order valence-electron chi connectivity index (χ1n) is 14.7. The van der Waals surface area contributed by atoms with Crippen molar-refractivity contribution in [2.45, 2.75) is 46.2 Å². The van der Waals surface area contributed by atoms with Gasteiger partial charge in [0.1, 0.15) is 23.4 Å². The van der Waals surface area contributed by atoms with E-state index in [0.29, 0.717) is 29.5 Å². The normalized spacial score (nSPS) is 14.0. The molecule has 0 radical (unpaired) electrons. The standard InChI is InChI=1S/C34H36N6O3/c1-21(2)40-19-27(30-32(35)36-20-37-33(30)40)24-8-10-26(11-9-24)38-34(42)29-18-39(16-23-12-14-43-15-13-23)17-28(31(29)41)25-6-4-22(3)5-7-25/h4-11,17-21,23H,12-16H2,1-3H3,(H,38,42)(H2,35,36,37). The maximum atomic E-state index is 13.7. The number of benzene rings is 2. The summed E-state index contributed by atoms with van der Waals surface area (Å²) in [6, 6.07) is 15.5. The summed E-state index contributed by atoms with van der Waals surface area (Å²) in [5.41, 5.74) is 11.7. The van der Waals surface area contributed by atoms with Crippen LogP contribution in [-0.4, -0.2) is 38.2 Å². The average molecular weight is 577 g/mol. The Kier molecular flexibility index (Phi) is 7.82. The smallest absolute Gasteiger partial charge is 0.261 e. The minimum atomic E-state index is -0.443. The lowest BCUT2D eigenvalue weighted by Gasteiger charge is -2.23. The average Bonchev–Trinajstić information content (AvgIpc) is 3.41. The van der Waals surface area contributed by atoms with Crippen molar-refractivity contribution in [1.82, 2.24) is 19.1 Å². The zero-order chi connectivity index (χ0) is 30.1. The van der Waals surface area contributed by atoms with Crippen LogP contribution in [0, 0.1) is 12.8 Å².